The van der Waals surface area contributed by atoms with Crippen LogP contribution < -0.4 is 5.32 Å². The normalized spacial score (nSPS) is 26.2. The molecule has 1 fully saturated rings. The maximum Gasteiger partial charge on any atom is 0.0995 e. The van der Waals surface area contributed by atoms with E-state index in [0.29, 0.717) is 0 Å². The van der Waals surface area contributed by atoms with Crippen LogP contribution in [0, 0.1) is 0 Å². The predicted octanol–water partition coefficient (Wildman–Crippen LogP) is -0.459. The SMILES string of the molecule is C1=NCCN1N1CCCNCC1. The van der Waals surface area contributed by atoms with E-state index in [1.807, 2.05) is 6.34 Å². The van der Waals surface area contributed by atoms with Gasteiger partial charge >= 0.3 is 0 Å². The average Bonchev–Trinajstić information content (AvgIpc) is 2.48. The van der Waals surface area contributed by atoms with Gasteiger partial charge in [0.25, 0.3) is 0 Å². The van der Waals surface area contributed by atoms with E-state index in [-0.39, 0.29) is 0 Å². The lowest BCUT2D eigenvalue weighted by Crippen LogP contribution is -2.42. The minimum absolute atomic E-state index is 0.962. The fourth-order valence-corrected chi connectivity index (χ4v) is 1.67. The monoisotopic (exact) mass is 168 g/mol. The first-order valence-electron chi connectivity index (χ1n) is 4.69. The third kappa shape index (κ3) is 1.76. The van der Waals surface area contributed by atoms with E-state index >= 15 is 0 Å². The summed E-state index contributed by atoms with van der Waals surface area (Å²) in [6, 6.07) is 0. The molecule has 0 bridgehead atoms. The molecule has 0 amide bonds. The molecule has 2 heterocycles. The molecule has 2 aliphatic rings. The highest BCUT2D eigenvalue weighted by molar-refractivity contribution is 5.56. The number of rotatable bonds is 1. The van der Waals surface area contributed by atoms with E-state index in [9.17, 15) is 0 Å². The van der Waals surface area contributed by atoms with Crippen molar-refractivity contribution < 1.29 is 0 Å². The minimum atomic E-state index is 0.962. The molecule has 0 saturated carbocycles. The Kier molecular flexibility index (Phi) is 2.58. The first kappa shape index (κ1) is 8.01. The van der Waals surface area contributed by atoms with Crippen molar-refractivity contribution in [3.05, 3.63) is 0 Å². The molecule has 4 heteroatoms. The zero-order valence-electron chi connectivity index (χ0n) is 7.37. The van der Waals surface area contributed by atoms with Gasteiger partial charge in [-0.2, -0.15) is 0 Å². The second kappa shape index (κ2) is 3.87. The van der Waals surface area contributed by atoms with Crippen molar-refractivity contribution in [1.29, 1.82) is 0 Å². The van der Waals surface area contributed by atoms with Gasteiger partial charge in [0.15, 0.2) is 0 Å². The van der Waals surface area contributed by atoms with Crippen LogP contribution in [0.15, 0.2) is 4.99 Å². The fourth-order valence-electron chi connectivity index (χ4n) is 1.67. The van der Waals surface area contributed by atoms with Crippen molar-refractivity contribution in [3.8, 4) is 0 Å². The number of aliphatic imine (C=N–C) groups is 1. The summed E-state index contributed by atoms with van der Waals surface area (Å²) in [5.74, 6) is 0. The van der Waals surface area contributed by atoms with Gasteiger partial charge in [0.05, 0.1) is 19.4 Å². The van der Waals surface area contributed by atoms with Crippen molar-refractivity contribution in [3.63, 3.8) is 0 Å². The molecule has 0 atom stereocenters. The zero-order valence-corrected chi connectivity index (χ0v) is 7.37. The van der Waals surface area contributed by atoms with Gasteiger partial charge in [0, 0.05) is 19.6 Å². The molecule has 2 aliphatic heterocycles. The van der Waals surface area contributed by atoms with Gasteiger partial charge in [0.2, 0.25) is 0 Å². The van der Waals surface area contributed by atoms with Crippen LogP contribution in [-0.2, 0) is 0 Å². The van der Waals surface area contributed by atoms with Crippen molar-refractivity contribution in [2.45, 2.75) is 6.42 Å². The molecule has 0 spiro atoms. The molecule has 0 radical (unpaired) electrons. The third-order valence-corrected chi connectivity index (χ3v) is 2.35. The number of hydrazine groups is 1. The van der Waals surface area contributed by atoms with Gasteiger partial charge in [-0.15, -0.1) is 0 Å². The molecular weight excluding hydrogens is 152 g/mol. The van der Waals surface area contributed by atoms with Gasteiger partial charge in [0.1, 0.15) is 0 Å². The average molecular weight is 168 g/mol. The Morgan fingerprint density at radius 1 is 1.17 bits per heavy atom. The maximum absolute atomic E-state index is 4.21. The molecule has 0 aromatic carbocycles. The number of hydrogen-bond acceptors (Lipinski definition) is 4. The summed E-state index contributed by atoms with van der Waals surface area (Å²) in [7, 11) is 0. The fraction of sp³-hybridized carbons (Fsp3) is 0.875. The van der Waals surface area contributed by atoms with Crippen LogP contribution in [0.4, 0.5) is 0 Å². The molecule has 0 aliphatic carbocycles. The highest BCUT2D eigenvalue weighted by Crippen LogP contribution is 2.02. The van der Waals surface area contributed by atoms with E-state index in [2.05, 4.69) is 20.3 Å². The van der Waals surface area contributed by atoms with Crippen LogP contribution in [0.25, 0.3) is 0 Å². The highest BCUT2D eigenvalue weighted by Gasteiger charge is 2.15. The number of nitrogens with one attached hydrogen (secondary N) is 1. The van der Waals surface area contributed by atoms with Crippen molar-refractivity contribution in [1.82, 2.24) is 15.3 Å². The lowest BCUT2D eigenvalue weighted by molar-refractivity contribution is 0.0685. The molecule has 0 aromatic heterocycles. The van der Waals surface area contributed by atoms with E-state index in [0.717, 1.165) is 32.7 Å². The molecule has 0 aromatic rings. The van der Waals surface area contributed by atoms with Crippen LogP contribution in [0.5, 0.6) is 0 Å². The number of nitrogens with zero attached hydrogens (tertiary/aromatic N) is 3. The Bertz CT molecular complexity index is 160. The van der Waals surface area contributed by atoms with Gasteiger partial charge in [-0.25, -0.2) is 5.01 Å². The summed E-state index contributed by atoms with van der Waals surface area (Å²) in [6.07, 6.45) is 3.20. The quantitative estimate of drug-likeness (QED) is 0.575. The standard InChI is InChI=1S/C8H16N4/c1-2-9-3-6-11(5-1)12-7-4-10-8-12/h8-9H,1-7H2. The highest BCUT2D eigenvalue weighted by atomic mass is 15.6. The minimum Gasteiger partial charge on any atom is -0.315 e. The molecular formula is C8H16N4. The summed E-state index contributed by atoms with van der Waals surface area (Å²) >= 11 is 0. The van der Waals surface area contributed by atoms with Crippen LogP contribution in [0.1, 0.15) is 6.42 Å². The Morgan fingerprint density at radius 3 is 3.00 bits per heavy atom. The second-order valence-corrected chi connectivity index (χ2v) is 3.24. The third-order valence-electron chi connectivity index (χ3n) is 2.35. The summed E-state index contributed by atoms with van der Waals surface area (Å²) in [4.78, 5) is 4.21. The Hall–Kier alpha value is -0.610. The molecule has 1 N–H and O–H groups in total. The van der Waals surface area contributed by atoms with Crippen molar-refractivity contribution in [2.75, 3.05) is 39.3 Å². The van der Waals surface area contributed by atoms with Gasteiger partial charge in [-0.3, -0.25) is 10.0 Å². The molecule has 2 rings (SSSR count). The molecule has 0 unspecified atom stereocenters. The van der Waals surface area contributed by atoms with Gasteiger partial charge in [-0.05, 0) is 13.0 Å². The van der Waals surface area contributed by atoms with Gasteiger partial charge in [-0.1, -0.05) is 0 Å². The largest absolute Gasteiger partial charge is 0.315 e. The Balaban J connectivity index is 1.87. The summed E-state index contributed by atoms with van der Waals surface area (Å²) < 4.78 is 0. The van der Waals surface area contributed by atoms with Crippen LogP contribution in [-0.4, -0.2) is 55.6 Å². The topological polar surface area (TPSA) is 30.9 Å². The molecule has 12 heavy (non-hydrogen) atoms. The van der Waals surface area contributed by atoms with Crippen molar-refractivity contribution in [2.24, 2.45) is 4.99 Å². The summed E-state index contributed by atoms with van der Waals surface area (Å²) in [5, 5.41) is 8.02. The number of hydrogen-bond donors (Lipinski definition) is 1. The van der Waals surface area contributed by atoms with Crippen molar-refractivity contribution >= 4 is 6.34 Å². The lowest BCUT2D eigenvalue weighted by Gasteiger charge is -2.28. The summed E-state index contributed by atoms with van der Waals surface area (Å²) in [5.41, 5.74) is 0. The first-order chi connectivity index (χ1) is 5.97. The van der Waals surface area contributed by atoms with Crippen LogP contribution in [0.2, 0.25) is 0 Å². The molecule has 4 nitrogen and oxygen atoms in total. The van der Waals surface area contributed by atoms with E-state index in [1.54, 1.807) is 0 Å². The zero-order chi connectivity index (χ0) is 8.23. The molecule has 1 saturated heterocycles. The van der Waals surface area contributed by atoms with Crippen LogP contribution in [0.3, 0.4) is 0 Å². The predicted molar refractivity (Wildman–Crippen MR) is 49.1 cm³/mol. The maximum atomic E-state index is 4.21. The lowest BCUT2D eigenvalue weighted by atomic mass is 10.4. The van der Waals surface area contributed by atoms with Gasteiger partial charge < -0.3 is 5.32 Å². The second-order valence-electron chi connectivity index (χ2n) is 3.24. The smallest absolute Gasteiger partial charge is 0.0995 e. The Labute approximate surface area is 73.2 Å². The Morgan fingerprint density at radius 2 is 2.17 bits per heavy atom. The van der Waals surface area contributed by atoms with E-state index in [4.69, 9.17) is 0 Å². The molecule has 68 valence electrons. The van der Waals surface area contributed by atoms with E-state index in [1.165, 1.54) is 13.0 Å². The van der Waals surface area contributed by atoms with E-state index < -0.39 is 0 Å². The summed E-state index contributed by atoms with van der Waals surface area (Å²) in [6.45, 7) is 6.57. The first-order valence-corrected chi connectivity index (χ1v) is 4.69. The van der Waals surface area contributed by atoms with Crippen LogP contribution >= 0.6 is 0 Å².